The van der Waals surface area contributed by atoms with Crippen molar-refractivity contribution in [1.29, 1.82) is 0 Å². The van der Waals surface area contributed by atoms with Gasteiger partial charge in [0.25, 0.3) is 0 Å². The molecule has 0 amide bonds. The molecule has 0 aliphatic heterocycles. The van der Waals surface area contributed by atoms with Crippen LogP contribution in [0.5, 0.6) is 0 Å². The van der Waals surface area contributed by atoms with Gasteiger partial charge < -0.3 is 0 Å². The second kappa shape index (κ2) is 23.8. The zero-order chi connectivity index (χ0) is 20.8. The average molecular weight is 453 g/mol. The quantitative estimate of drug-likeness (QED) is 0.160. The first-order valence-corrected chi connectivity index (χ1v) is 12.3. The maximum absolute atomic E-state index is 11.8. The van der Waals surface area contributed by atoms with Gasteiger partial charge in [0.05, 0.1) is 0 Å². The van der Waals surface area contributed by atoms with Gasteiger partial charge in [-0.15, -0.1) is 0 Å². The fraction of sp³-hybridized carbons (Fsp3) is 0.607. The van der Waals surface area contributed by atoms with E-state index in [4.69, 9.17) is 0 Å². The largest absolute Gasteiger partial charge is 2.00 e. The van der Waals surface area contributed by atoms with Crippen LogP contribution < -0.4 is 0 Å². The molecular weight excluding hydrogens is 408 g/mol. The summed E-state index contributed by atoms with van der Waals surface area (Å²) >= 11 is 0. The van der Waals surface area contributed by atoms with Gasteiger partial charge in [-0.2, -0.15) is 0 Å². The summed E-state index contributed by atoms with van der Waals surface area (Å²) in [5.41, 5.74) is 0. The third kappa shape index (κ3) is 18.9. The fourth-order valence-corrected chi connectivity index (χ4v) is 3.68. The summed E-state index contributed by atoms with van der Waals surface area (Å²) < 4.78 is 0. The number of Topliss-reactive ketones (excluding diaryl/α,β-unsaturated/α-hetero) is 1. The van der Waals surface area contributed by atoms with Crippen LogP contribution in [-0.2, 0) is 21.9 Å². The van der Waals surface area contributed by atoms with Crippen molar-refractivity contribution in [1.82, 2.24) is 0 Å². The Kier molecular flexibility index (Phi) is 24.0. The standard InChI is InChI=1S/C23H39O.C5H5.Fe/c1-2-3-4-5-6-7-8-9-10-11-12-13-14-15-16-21-23(24)22-19-17-18-20-22;1-2-4-5-3-1;/h17-20H,2-16,21H2,1H3;1-5H;/q;;+2. The van der Waals surface area contributed by atoms with E-state index in [2.05, 4.69) is 6.92 Å². The second-order valence-corrected chi connectivity index (χ2v) is 8.26. The number of carbonyl (C=O) groups is 1. The van der Waals surface area contributed by atoms with Gasteiger partial charge in [0.15, 0.2) is 0 Å². The van der Waals surface area contributed by atoms with Crippen molar-refractivity contribution in [2.75, 3.05) is 0 Å². The van der Waals surface area contributed by atoms with Crippen LogP contribution in [0.2, 0.25) is 0 Å². The first-order chi connectivity index (χ1) is 14.3. The van der Waals surface area contributed by atoms with Gasteiger partial charge in [-0.05, 0) is 64.2 Å². The van der Waals surface area contributed by atoms with E-state index < -0.39 is 0 Å². The summed E-state index contributed by atoms with van der Waals surface area (Å²) in [6, 6.07) is 0. The van der Waals surface area contributed by atoms with Crippen LogP contribution in [0.1, 0.15) is 110 Å². The molecule has 0 aromatic rings. The molecule has 0 heterocycles. The first-order valence-electron chi connectivity index (χ1n) is 12.3. The Morgan fingerprint density at radius 1 is 0.533 bits per heavy atom. The van der Waals surface area contributed by atoms with Crippen LogP contribution in [0, 0.1) is 63.7 Å². The van der Waals surface area contributed by atoms with Crippen LogP contribution in [0.4, 0.5) is 0 Å². The molecule has 1 nitrogen and oxygen atoms in total. The summed E-state index contributed by atoms with van der Waals surface area (Å²) in [4.78, 5) is 11.8. The SMILES string of the molecule is CCCCCCCCCCCCCCCCCC(=O)[C]1[CH][CH][CH][CH]1.[CH]1[CH][CH][CH][CH]1.[Fe+2]. The zero-order valence-electron chi connectivity index (χ0n) is 19.3. The molecular formula is C28H44FeO+2. The van der Waals surface area contributed by atoms with Crippen LogP contribution >= 0.6 is 0 Å². The molecule has 0 unspecified atom stereocenters. The molecule has 0 aromatic heterocycles. The van der Waals surface area contributed by atoms with Crippen LogP contribution in [0.15, 0.2) is 0 Å². The minimum Gasteiger partial charge on any atom is -0.299 e. The van der Waals surface area contributed by atoms with Gasteiger partial charge in [-0.1, -0.05) is 96.8 Å². The number of carbonyl (C=O) groups excluding carboxylic acids is 1. The third-order valence-corrected chi connectivity index (χ3v) is 5.55. The smallest absolute Gasteiger partial charge is 0.299 e. The third-order valence-electron chi connectivity index (χ3n) is 5.55. The Hall–Kier alpha value is 0.189. The molecule has 30 heavy (non-hydrogen) atoms. The predicted molar refractivity (Wildman–Crippen MR) is 126 cm³/mol. The predicted octanol–water partition coefficient (Wildman–Crippen LogP) is 8.24. The Bertz CT molecular complexity index is 337. The summed E-state index contributed by atoms with van der Waals surface area (Å²) in [5, 5.41) is 0. The molecule has 168 valence electrons. The van der Waals surface area contributed by atoms with E-state index in [-0.39, 0.29) is 17.1 Å². The molecule has 2 saturated carbocycles. The van der Waals surface area contributed by atoms with Crippen molar-refractivity contribution >= 4 is 5.78 Å². The van der Waals surface area contributed by atoms with E-state index in [1.54, 1.807) is 0 Å². The van der Waals surface area contributed by atoms with E-state index in [1.165, 1.54) is 89.9 Å². The molecule has 2 heteroatoms. The fourth-order valence-electron chi connectivity index (χ4n) is 3.68. The van der Waals surface area contributed by atoms with E-state index in [1.807, 2.05) is 57.8 Å². The van der Waals surface area contributed by atoms with Gasteiger partial charge in [0.2, 0.25) is 0 Å². The van der Waals surface area contributed by atoms with E-state index in [0.717, 1.165) is 18.8 Å². The molecule has 2 fully saturated rings. The second-order valence-electron chi connectivity index (χ2n) is 8.26. The van der Waals surface area contributed by atoms with Gasteiger partial charge in [-0.3, -0.25) is 4.79 Å². The summed E-state index contributed by atoms with van der Waals surface area (Å²) in [5.74, 6) is 1.20. The normalized spacial score (nSPS) is 16.2. The van der Waals surface area contributed by atoms with E-state index in [0.29, 0.717) is 5.78 Å². The zero-order valence-corrected chi connectivity index (χ0v) is 20.4. The molecule has 0 spiro atoms. The van der Waals surface area contributed by atoms with Crippen LogP contribution in [-0.4, -0.2) is 5.78 Å². The molecule has 0 aromatic carbocycles. The monoisotopic (exact) mass is 452 g/mol. The maximum Gasteiger partial charge on any atom is 2.00 e. The molecule has 0 atom stereocenters. The minimum absolute atomic E-state index is 0. The molecule has 0 saturated heterocycles. The summed E-state index contributed by atoms with van der Waals surface area (Å²) in [6.07, 6.45) is 39.0. The van der Waals surface area contributed by atoms with Crippen LogP contribution in [0.3, 0.4) is 0 Å². The van der Waals surface area contributed by atoms with Gasteiger partial charge >= 0.3 is 17.1 Å². The Labute approximate surface area is 200 Å². The molecule has 0 bridgehead atoms. The molecule has 0 N–H and O–H groups in total. The van der Waals surface area contributed by atoms with Crippen molar-refractivity contribution in [3.63, 3.8) is 0 Å². The van der Waals surface area contributed by atoms with E-state index in [9.17, 15) is 4.79 Å². The Morgan fingerprint density at radius 2 is 0.867 bits per heavy atom. The first kappa shape index (κ1) is 30.2. The number of hydrogen-bond donors (Lipinski definition) is 0. The Balaban J connectivity index is 0.00000122. The number of rotatable bonds is 17. The molecule has 2 aliphatic rings. The number of hydrogen-bond acceptors (Lipinski definition) is 1. The molecule has 2 aliphatic carbocycles. The maximum atomic E-state index is 11.8. The summed E-state index contributed by atoms with van der Waals surface area (Å²) in [6.45, 7) is 2.28. The summed E-state index contributed by atoms with van der Waals surface area (Å²) in [7, 11) is 0. The van der Waals surface area contributed by atoms with Crippen molar-refractivity contribution in [3.8, 4) is 0 Å². The number of ketones is 1. The van der Waals surface area contributed by atoms with Crippen molar-refractivity contribution < 1.29 is 21.9 Å². The van der Waals surface area contributed by atoms with Gasteiger partial charge in [-0.25, -0.2) is 0 Å². The van der Waals surface area contributed by atoms with Crippen LogP contribution in [0.25, 0.3) is 0 Å². The average Bonchev–Trinajstić information content (AvgIpc) is 3.47. The van der Waals surface area contributed by atoms with Crippen molar-refractivity contribution in [2.45, 2.75) is 110 Å². The Morgan fingerprint density at radius 3 is 1.23 bits per heavy atom. The minimum atomic E-state index is 0. The van der Waals surface area contributed by atoms with Gasteiger partial charge in [0.1, 0.15) is 5.78 Å². The van der Waals surface area contributed by atoms with E-state index >= 15 is 0 Å². The topological polar surface area (TPSA) is 17.1 Å². The van der Waals surface area contributed by atoms with Gasteiger partial charge in [0, 0.05) is 12.3 Å². The van der Waals surface area contributed by atoms with Crippen molar-refractivity contribution in [3.05, 3.63) is 63.7 Å². The van der Waals surface area contributed by atoms with Crippen molar-refractivity contribution in [2.24, 2.45) is 0 Å². The molecule has 10 radical (unpaired) electrons. The molecule has 2 rings (SSSR count). The number of unbranched alkanes of at least 4 members (excludes halogenated alkanes) is 14.